The molecular weight excluding hydrogens is 286 g/mol. The number of fused-ring (bicyclic) bond motifs is 1. The number of esters is 1. The summed E-state index contributed by atoms with van der Waals surface area (Å²) in [5.41, 5.74) is 2.97. The summed E-state index contributed by atoms with van der Waals surface area (Å²) in [6.07, 6.45) is 0. The molecule has 1 heterocycles. The van der Waals surface area contributed by atoms with Crippen molar-refractivity contribution in [3.8, 4) is 11.3 Å². The van der Waals surface area contributed by atoms with E-state index in [1.54, 1.807) is 13.0 Å². The van der Waals surface area contributed by atoms with Gasteiger partial charge in [0.25, 0.3) is 0 Å². The Hall–Kier alpha value is -2.26. The molecule has 21 heavy (non-hydrogen) atoms. The zero-order valence-corrected chi connectivity index (χ0v) is 12.3. The Bertz CT molecular complexity index is 793. The van der Waals surface area contributed by atoms with E-state index in [1.807, 2.05) is 42.5 Å². The van der Waals surface area contributed by atoms with E-state index in [9.17, 15) is 4.79 Å². The maximum atomic E-state index is 12.4. The predicted molar refractivity (Wildman–Crippen MR) is 84.7 cm³/mol. The molecule has 3 rings (SSSR count). The number of aromatic nitrogens is 1. The fourth-order valence-corrected chi connectivity index (χ4v) is 2.70. The summed E-state index contributed by atoms with van der Waals surface area (Å²) in [6.45, 7) is 2.11. The highest BCUT2D eigenvalue weighted by atomic mass is 35.5. The fourth-order valence-electron chi connectivity index (χ4n) is 2.43. The van der Waals surface area contributed by atoms with Gasteiger partial charge in [0.15, 0.2) is 0 Å². The highest BCUT2D eigenvalue weighted by molar-refractivity contribution is 6.37. The molecule has 0 aliphatic carbocycles. The lowest BCUT2D eigenvalue weighted by Crippen LogP contribution is -2.05. The van der Waals surface area contributed by atoms with E-state index in [-0.39, 0.29) is 5.97 Å². The van der Waals surface area contributed by atoms with Crippen LogP contribution in [0.25, 0.3) is 22.2 Å². The number of halogens is 1. The van der Waals surface area contributed by atoms with Crippen molar-refractivity contribution < 1.29 is 9.53 Å². The number of benzene rings is 2. The molecule has 0 saturated heterocycles. The van der Waals surface area contributed by atoms with Crippen molar-refractivity contribution in [1.29, 1.82) is 0 Å². The number of aromatic amines is 1. The van der Waals surface area contributed by atoms with Gasteiger partial charge in [-0.2, -0.15) is 0 Å². The summed E-state index contributed by atoms with van der Waals surface area (Å²) >= 11 is 6.28. The molecular formula is C17H14ClNO2. The number of hydrogen-bond acceptors (Lipinski definition) is 2. The Morgan fingerprint density at radius 3 is 2.62 bits per heavy atom. The number of nitrogens with one attached hydrogen (secondary N) is 1. The van der Waals surface area contributed by atoms with Gasteiger partial charge in [0.05, 0.1) is 22.9 Å². The zero-order valence-electron chi connectivity index (χ0n) is 11.5. The van der Waals surface area contributed by atoms with Crippen LogP contribution < -0.4 is 0 Å². The summed E-state index contributed by atoms with van der Waals surface area (Å²) < 4.78 is 5.19. The highest BCUT2D eigenvalue weighted by Gasteiger charge is 2.22. The largest absolute Gasteiger partial charge is 0.462 e. The van der Waals surface area contributed by atoms with Crippen LogP contribution in [0.5, 0.6) is 0 Å². The zero-order chi connectivity index (χ0) is 14.8. The van der Waals surface area contributed by atoms with E-state index >= 15 is 0 Å². The second kappa shape index (κ2) is 5.62. The van der Waals surface area contributed by atoms with Crippen molar-refractivity contribution in [3.05, 3.63) is 59.1 Å². The van der Waals surface area contributed by atoms with Crippen LogP contribution in [-0.2, 0) is 4.74 Å². The lowest BCUT2D eigenvalue weighted by atomic mass is 10.1. The van der Waals surface area contributed by atoms with Gasteiger partial charge in [0, 0.05) is 10.9 Å². The van der Waals surface area contributed by atoms with Crippen LogP contribution >= 0.6 is 11.6 Å². The Morgan fingerprint density at radius 2 is 1.90 bits per heavy atom. The lowest BCUT2D eigenvalue weighted by Gasteiger charge is -2.05. The Morgan fingerprint density at radius 1 is 1.14 bits per heavy atom. The van der Waals surface area contributed by atoms with Gasteiger partial charge in [0.1, 0.15) is 0 Å². The molecule has 0 radical (unpaired) electrons. The van der Waals surface area contributed by atoms with Crippen LogP contribution in [0.2, 0.25) is 5.02 Å². The molecule has 0 bridgehead atoms. The minimum Gasteiger partial charge on any atom is -0.462 e. The monoisotopic (exact) mass is 299 g/mol. The van der Waals surface area contributed by atoms with Gasteiger partial charge in [-0.25, -0.2) is 4.79 Å². The van der Waals surface area contributed by atoms with Gasteiger partial charge in [-0.15, -0.1) is 0 Å². The van der Waals surface area contributed by atoms with Gasteiger partial charge in [-0.1, -0.05) is 48.0 Å². The fraction of sp³-hybridized carbons (Fsp3) is 0.118. The third-order valence-corrected chi connectivity index (χ3v) is 3.63. The standard InChI is InChI=1S/C17H14ClNO2/c1-2-21-17(20)15-14-12(18)9-6-10-13(14)19-16(15)11-7-4-3-5-8-11/h3-10,19H,2H2,1H3. The molecule has 3 aromatic rings. The van der Waals surface area contributed by atoms with E-state index in [0.29, 0.717) is 22.6 Å². The van der Waals surface area contributed by atoms with Crippen LogP contribution in [0.3, 0.4) is 0 Å². The van der Waals surface area contributed by atoms with Crippen molar-refractivity contribution in [3.63, 3.8) is 0 Å². The first-order chi connectivity index (χ1) is 10.2. The quantitative estimate of drug-likeness (QED) is 0.714. The molecule has 0 unspecified atom stereocenters. The molecule has 3 nitrogen and oxygen atoms in total. The van der Waals surface area contributed by atoms with Crippen LogP contribution in [0, 0.1) is 0 Å². The van der Waals surface area contributed by atoms with Crippen LogP contribution in [-0.4, -0.2) is 17.6 Å². The molecule has 0 aliphatic heterocycles. The number of carbonyl (C=O) groups excluding carboxylic acids is 1. The summed E-state index contributed by atoms with van der Waals surface area (Å²) in [6, 6.07) is 15.2. The minimum atomic E-state index is -0.365. The second-order valence-corrected chi connectivity index (χ2v) is 5.03. The lowest BCUT2D eigenvalue weighted by molar-refractivity contribution is 0.0529. The van der Waals surface area contributed by atoms with E-state index in [0.717, 1.165) is 16.8 Å². The van der Waals surface area contributed by atoms with Crippen LogP contribution in [0.4, 0.5) is 0 Å². The van der Waals surface area contributed by atoms with Crippen LogP contribution in [0.15, 0.2) is 48.5 Å². The molecule has 0 fully saturated rings. The van der Waals surface area contributed by atoms with E-state index in [4.69, 9.17) is 16.3 Å². The van der Waals surface area contributed by atoms with Crippen molar-refractivity contribution >= 4 is 28.5 Å². The van der Waals surface area contributed by atoms with E-state index in [1.165, 1.54) is 0 Å². The van der Waals surface area contributed by atoms with E-state index < -0.39 is 0 Å². The normalized spacial score (nSPS) is 10.8. The van der Waals surface area contributed by atoms with E-state index in [2.05, 4.69) is 4.98 Å². The van der Waals surface area contributed by atoms with Gasteiger partial charge in [-0.05, 0) is 24.6 Å². The average Bonchev–Trinajstić information content (AvgIpc) is 2.89. The second-order valence-electron chi connectivity index (χ2n) is 4.62. The molecule has 4 heteroatoms. The topological polar surface area (TPSA) is 42.1 Å². The molecule has 1 aromatic heterocycles. The smallest absolute Gasteiger partial charge is 0.341 e. The first-order valence-corrected chi connectivity index (χ1v) is 7.13. The van der Waals surface area contributed by atoms with Gasteiger partial charge in [0.2, 0.25) is 0 Å². The number of hydrogen-bond donors (Lipinski definition) is 1. The Kier molecular flexibility index (Phi) is 3.67. The molecule has 0 amide bonds. The molecule has 0 aliphatic rings. The summed E-state index contributed by atoms with van der Waals surface area (Å²) in [4.78, 5) is 15.6. The minimum absolute atomic E-state index is 0.324. The maximum Gasteiger partial charge on any atom is 0.341 e. The first-order valence-electron chi connectivity index (χ1n) is 6.75. The molecule has 1 N–H and O–H groups in total. The molecule has 0 atom stereocenters. The molecule has 106 valence electrons. The van der Waals surface area contributed by atoms with Crippen LogP contribution in [0.1, 0.15) is 17.3 Å². The molecule has 0 saturated carbocycles. The van der Waals surface area contributed by atoms with Gasteiger partial charge in [-0.3, -0.25) is 0 Å². The number of H-pyrrole nitrogens is 1. The van der Waals surface area contributed by atoms with Crippen molar-refractivity contribution in [2.75, 3.05) is 6.61 Å². The number of ether oxygens (including phenoxy) is 1. The first kappa shape index (κ1) is 13.7. The average molecular weight is 300 g/mol. The van der Waals surface area contributed by atoms with Crippen molar-refractivity contribution in [2.24, 2.45) is 0 Å². The van der Waals surface area contributed by atoms with Gasteiger partial charge < -0.3 is 9.72 Å². The summed E-state index contributed by atoms with van der Waals surface area (Å²) in [5.74, 6) is -0.365. The van der Waals surface area contributed by atoms with Crippen molar-refractivity contribution in [2.45, 2.75) is 6.92 Å². The Labute approximate surface area is 127 Å². The third-order valence-electron chi connectivity index (χ3n) is 3.32. The molecule has 2 aromatic carbocycles. The SMILES string of the molecule is CCOC(=O)c1c(-c2ccccc2)[nH]c2cccc(Cl)c12. The maximum absolute atomic E-state index is 12.4. The third kappa shape index (κ3) is 2.41. The predicted octanol–water partition coefficient (Wildman–Crippen LogP) is 4.67. The summed E-state index contributed by atoms with van der Waals surface area (Å²) in [7, 11) is 0. The highest BCUT2D eigenvalue weighted by Crippen LogP contribution is 2.34. The van der Waals surface area contributed by atoms with Crippen molar-refractivity contribution in [1.82, 2.24) is 4.98 Å². The Balaban J connectivity index is 2.31. The summed E-state index contributed by atoms with van der Waals surface area (Å²) in [5, 5.41) is 1.24. The van der Waals surface area contributed by atoms with Gasteiger partial charge >= 0.3 is 5.97 Å². The number of carbonyl (C=O) groups is 1. The number of rotatable bonds is 3. The molecule has 0 spiro atoms.